The second kappa shape index (κ2) is 10.1. The van der Waals surface area contributed by atoms with Crippen LogP contribution in [-0.2, 0) is 20.7 Å². The van der Waals surface area contributed by atoms with Crippen molar-refractivity contribution in [2.24, 2.45) is 23.2 Å². The molecule has 5 atom stereocenters. The summed E-state index contributed by atoms with van der Waals surface area (Å²) in [6.45, 7) is 9.57. The summed E-state index contributed by atoms with van der Waals surface area (Å²) in [4.78, 5) is 43.4. The average Bonchev–Trinajstić information content (AvgIpc) is 3.35. The fraction of sp³-hybridized carbons (Fsp3) is 0.600. The molecule has 8 heteroatoms. The molecule has 2 saturated carbocycles. The predicted octanol–water partition coefficient (Wildman–Crippen LogP) is 6.84. The van der Waals surface area contributed by atoms with Crippen LogP contribution in [0.5, 0.6) is 5.75 Å². The molecule has 1 aromatic heterocycles. The molecular formula is C30H38N2O5S. The number of fused-ring (bicyclic) bond motifs is 5. The molecule has 0 bridgehead atoms. The maximum absolute atomic E-state index is 13.3. The van der Waals surface area contributed by atoms with Gasteiger partial charge in [-0.05, 0) is 107 Å². The van der Waals surface area contributed by atoms with Gasteiger partial charge in [-0.15, -0.1) is 11.3 Å². The van der Waals surface area contributed by atoms with Crippen molar-refractivity contribution in [3.05, 3.63) is 40.4 Å². The number of anilines is 1. The lowest BCUT2D eigenvalue weighted by Gasteiger charge is -2.50. The SMILES string of the molecule is Cc1cnc(NC(=O)CC[C@@H]2CC(=O)[C@@]3(C)CCC4c5ccc(OC(=O)OC(C)(C)C)cc5CCC4C23)s1. The van der Waals surface area contributed by atoms with E-state index >= 15 is 0 Å². The number of carbonyl (C=O) groups excluding carboxylic acids is 3. The molecule has 7 nitrogen and oxygen atoms in total. The van der Waals surface area contributed by atoms with Gasteiger partial charge < -0.3 is 14.8 Å². The third-order valence-electron chi connectivity index (χ3n) is 8.74. The van der Waals surface area contributed by atoms with Crippen LogP contribution < -0.4 is 10.1 Å². The summed E-state index contributed by atoms with van der Waals surface area (Å²) in [6.07, 6.45) is 6.53. The summed E-state index contributed by atoms with van der Waals surface area (Å²) in [6, 6.07) is 5.94. The van der Waals surface area contributed by atoms with E-state index in [0.29, 0.717) is 41.3 Å². The van der Waals surface area contributed by atoms with Crippen LogP contribution in [0.3, 0.4) is 0 Å². The summed E-state index contributed by atoms with van der Waals surface area (Å²) in [5.41, 5.74) is 1.62. The van der Waals surface area contributed by atoms with Crippen molar-refractivity contribution in [1.82, 2.24) is 4.98 Å². The number of nitrogens with zero attached hydrogens (tertiary/aromatic N) is 1. The van der Waals surface area contributed by atoms with E-state index in [1.807, 2.05) is 39.8 Å². The van der Waals surface area contributed by atoms with Crippen LogP contribution in [0.15, 0.2) is 24.4 Å². The summed E-state index contributed by atoms with van der Waals surface area (Å²) in [7, 11) is 0. The Bertz CT molecular complexity index is 1250. The summed E-state index contributed by atoms with van der Waals surface area (Å²) in [5.74, 6) is 2.16. The number of hydrogen-bond acceptors (Lipinski definition) is 7. The number of hydrogen-bond donors (Lipinski definition) is 1. The van der Waals surface area contributed by atoms with Gasteiger partial charge >= 0.3 is 6.16 Å². The smallest absolute Gasteiger partial charge is 0.428 e. The summed E-state index contributed by atoms with van der Waals surface area (Å²) in [5, 5.41) is 3.55. The number of ketones is 1. The Morgan fingerprint density at radius 1 is 1.24 bits per heavy atom. The van der Waals surface area contributed by atoms with Crippen molar-refractivity contribution in [1.29, 1.82) is 0 Å². The number of aryl methyl sites for hydroxylation is 2. The average molecular weight is 539 g/mol. The van der Waals surface area contributed by atoms with E-state index in [1.165, 1.54) is 22.5 Å². The first-order valence-electron chi connectivity index (χ1n) is 13.7. The van der Waals surface area contributed by atoms with Gasteiger partial charge in [0.2, 0.25) is 5.91 Å². The quantitative estimate of drug-likeness (QED) is 0.331. The highest BCUT2D eigenvalue weighted by atomic mass is 32.1. The Kier molecular flexibility index (Phi) is 7.14. The highest BCUT2D eigenvalue weighted by Crippen LogP contribution is 2.62. The van der Waals surface area contributed by atoms with E-state index in [0.717, 1.165) is 37.0 Å². The van der Waals surface area contributed by atoms with Crippen molar-refractivity contribution in [2.75, 3.05) is 5.32 Å². The second-order valence-corrected chi connectivity index (χ2v) is 13.7. The lowest BCUT2D eigenvalue weighted by molar-refractivity contribution is -0.129. The van der Waals surface area contributed by atoms with Crippen LogP contribution in [0.25, 0.3) is 0 Å². The maximum Gasteiger partial charge on any atom is 0.514 e. The number of amides is 1. The van der Waals surface area contributed by atoms with Crippen LogP contribution in [0.4, 0.5) is 9.93 Å². The number of rotatable bonds is 5. The molecule has 204 valence electrons. The van der Waals surface area contributed by atoms with Gasteiger partial charge in [0, 0.05) is 29.3 Å². The molecule has 1 aromatic carbocycles. The van der Waals surface area contributed by atoms with E-state index in [1.54, 1.807) is 6.20 Å². The van der Waals surface area contributed by atoms with Gasteiger partial charge in [0.25, 0.3) is 0 Å². The van der Waals surface area contributed by atoms with Crippen LogP contribution >= 0.6 is 11.3 Å². The molecule has 5 rings (SSSR count). The molecule has 2 aromatic rings. The van der Waals surface area contributed by atoms with Crippen LogP contribution in [0.2, 0.25) is 0 Å². The molecule has 3 aliphatic rings. The molecule has 0 saturated heterocycles. The Morgan fingerprint density at radius 2 is 2.03 bits per heavy atom. The molecular weight excluding hydrogens is 500 g/mol. The molecule has 38 heavy (non-hydrogen) atoms. The third kappa shape index (κ3) is 5.37. The van der Waals surface area contributed by atoms with E-state index in [4.69, 9.17) is 9.47 Å². The monoisotopic (exact) mass is 538 g/mol. The van der Waals surface area contributed by atoms with Crippen molar-refractivity contribution in [3.63, 3.8) is 0 Å². The molecule has 3 unspecified atom stereocenters. The van der Waals surface area contributed by atoms with Gasteiger partial charge in [-0.2, -0.15) is 0 Å². The number of Topliss-reactive ketones (excluding diaryl/α,β-unsaturated/α-hetero) is 1. The number of ether oxygens (including phenoxy) is 2. The zero-order chi connectivity index (χ0) is 27.2. The van der Waals surface area contributed by atoms with E-state index in [9.17, 15) is 14.4 Å². The van der Waals surface area contributed by atoms with E-state index < -0.39 is 11.8 Å². The first kappa shape index (κ1) is 26.9. The van der Waals surface area contributed by atoms with Crippen molar-refractivity contribution in [3.8, 4) is 5.75 Å². The van der Waals surface area contributed by atoms with Gasteiger partial charge in [0.15, 0.2) is 5.13 Å². The fourth-order valence-electron chi connectivity index (χ4n) is 7.22. The zero-order valence-electron chi connectivity index (χ0n) is 23.0. The molecule has 0 radical (unpaired) electrons. The Morgan fingerprint density at radius 3 is 2.74 bits per heavy atom. The Labute approximate surface area is 228 Å². The Balaban J connectivity index is 1.29. The topological polar surface area (TPSA) is 94.6 Å². The van der Waals surface area contributed by atoms with Gasteiger partial charge in [-0.25, -0.2) is 9.78 Å². The summed E-state index contributed by atoms with van der Waals surface area (Å²) >= 11 is 1.48. The number of nitrogens with one attached hydrogen (secondary N) is 1. The normalized spacial score (nSPS) is 28.2. The highest BCUT2D eigenvalue weighted by Gasteiger charge is 2.58. The molecule has 2 fully saturated rings. The van der Waals surface area contributed by atoms with E-state index in [-0.39, 0.29) is 23.2 Å². The predicted molar refractivity (Wildman–Crippen MR) is 147 cm³/mol. The minimum Gasteiger partial charge on any atom is -0.428 e. The van der Waals surface area contributed by atoms with Crippen LogP contribution in [-0.4, -0.2) is 28.4 Å². The number of aromatic nitrogens is 1. The minimum absolute atomic E-state index is 0.0285. The van der Waals surface area contributed by atoms with Gasteiger partial charge in [-0.1, -0.05) is 13.0 Å². The molecule has 1 N–H and O–H groups in total. The van der Waals surface area contributed by atoms with E-state index in [2.05, 4.69) is 23.3 Å². The number of benzene rings is 1. The van der Waals surface area contributed by atoms with Crippen molar-refractivity contribution < 1.29 is 23.9 Å². The van der Waals surface area contributed by atoms with Crippen LogP contribution in [0.1, 0.15) is 88.1 Å². The molecule has 3 aliphatic carbocycles. The standard InChI is InChI=1S/C30H38N2O5S/c1-17-16-31-27(38-17)32-25(34)11-7-19-15-24(33)30(5)13-12-22-21-10-8-20(36-28(35)37-29(2,3)4)14-18(21)6-9-23(22)26(19)30/h8,10,14,16,19,22-23,26H,6-7,9,11-13,15H2,1-5H3,(H,31,32,34)/t19-,22?,23?,26?,30-/m1/s1. The maximum atomic E-state index is 13.3. The summed E-state index contributed by atoms with van der Waals surface area (Å²) < 4.78 is 10.8. The molecule has 0 aliphatic heterocycles. The first-order valence-corrected chi connectivity index (χ1v) is 14.5. The lowest BCUT2D eigenvalue weighted by Crippen LogP contribution is -2.44. The molecule has 1 heterocycles. The van der Waals surface area contributed by atoms with Crippen molar-refractivity contribution in [2.45, 2.75) is 91.1 Å². The molecule has 0 spiro atoms. The Hall–Kier alpha value is -2.74. The third-order valence-corrected chi connectivity index (χ3v) is 9.57. The largest absolute Gasteiger partial charge is 0.514 e. The van der Waals surface area contributed by atoms with Crippen molar-refractivity contribution >= 4 is 34.3 Å². The van der Waals surface area contributed by atoms with Gasteiger partial charge in [0.1, 0.15) is 17.1 Å². The highest BCUT2D eigenvalue weighted by molar-refractivity contribution is 7.15. The second-order valence-electron chi connectivity index (χ2n) is 12.5. The zero-order valence-corrected chi connectivity index (χ0v) is 23.8. The minimum atomic E-state index is -0.694. The number of carbonyl (C=O) groups is 3. The number of thiazole rings is 1. The van der Waals surface area contributed by atoms with Gasteiger partial charge in [-0.3, -0.25) is 9.59 Å². The molecule has 1 amide bonds. The fourth-order valence-corrected chi connectivity index (χ4v) is 7.91. The first-order chi connectivity index (χ1) is 17.9. The van der Waals surface area contributed by atoms with Crippen LogP contribution in [0, 0.1) is 30.1 Å². The lowest BCUT2D eigenvalue weighted by atomic mass is 9.54. The van der Waals surface area contributed by atoms with Gasteiger partial charge in [0.05, 0.1) is 0 Å².